The number of phosphoric acid groups is 1. The first kappa shape index (κ1) is 79.1. The van der Waals surface area contributed by atoms with Crippen molar-refractivity contribution in [2.45, 2.75) is 225 Å². The molecule has 1 N–H and O–H groups in total. The average Bonchev–Trinajstić information content (AvgIpc) is 3.61. The molecular formula is C74H119NO8P+. The third kappa shape index (κ3) is 66.3. The topological polar surface area (TPSA) is 108 Å². The van der Waals surface area contributed by atoms with Crippen LogP contribution in [-0.2, 0) is 32.7 Å². The molecule has 2 unspecified atom stereocenters. The van der Waals surface area contributed by atoms with Crippen molar-refractivity contribution in [2.75, 3.05) is 47.5 Å². The molecular weight excluding hydrogens is 1060 g/mol. The highest BCUT2D eigenvalue weighted by atomic mass is 31.2. The molecule has 0 radical (unpaired) electrons. The normalized spacial score (nSPS) is 14.4. The van der Waals surface area contributed by atoms with Gasteiger partial charge in [-0.2, -0.15) is 0 Å². The smallest absolute Gasteiger partial charge is 0.462 e. The van der Waals surface area contributed by atoms with Crippen LogP contribution in [0, 0.1) is 0 Å². The Balaban J connectivity index is 4.25. The van der Waals surface area contributed by atoms with Gasteiger partial charge in [0.05, 0.1) is 27.7 Å². The lowest BCUT2D eigenvalue weighted by Gasteiger charge is -2.24. The van der Waals surface area contributed by atoms with Crippen molar-refractivity contribution < 1.29 is 42.1 Å². The maximum atomic E-state index is 12.9. The number of esters is 2. The number of nitrogens with zero attached hydrogens (tertiary/aromatic N) is 1. The SMILES string of the molecule is CC/C=C\C/C=C\C/C=C\C/C=C\C/C=C\C/C=C\C/C=C\C/C=C\CCCCCCC(=O)OC(COC(=O)CCCCCCCCCCC/C=C\C/C=C\C/C=C\C/C=C\C/C=C\C/C=C\C/C=C\CC)COP(=O)(O)OCC[N+](C)(C)C. The molecule has 84 heavy (non-hydrogen) atoms. The minimum Gasteiger partial charge on any atom is -0.462 e. The zero-order valence-electron chi connectivity index (χ0n) is 53.6. The summed E-state index contributed by atoms with van der Waals surface area (Å²) in [7, 11) is 1.43. The molecule has 0 heterocycles. The first-order valence-corrected chi connectivity index (χ1v) is 34.0. The number of carbonyl (C=O) groups is 2. The molecule has 9 nitrogen and oxygen atoms in total. The van der Waals surface area contributed by atoms with Crippen LogP contribution in [0.1, 0.15) is 219 Å². The fourth-order valence-corrected chi connectivity index (χ4v) is 8.75. The molecule has 472 valence electrons. The lowest BCUT2D eigenvalue weighted by atomic mass is 10.1. The van der Waals surface area contributed by atoms with E-state index in [1.165, 1.54) is 32.1 Å². The highest BCUT2D eigenvalue weighted by molar-refractivity contribution is 7.47. The first-order valence-electron chi connectivity index (χ1n) is 32.5. The van der Waals surface area contributed by atoms with Gasteiger partial charge in [0, 0.05) is 12.8 Å². The minimum atomic E-state index is -4.41. The van der Waals surface area contributed by atoms with Crippen LogP contribution in [0.15, 0.2) is 182 Å². The molecule has 0 bridgehead atoms. The fraction of sp³-hybridized carbons (Fsp3) is 0.568. The lowest BCUT2D eigenvalue weighted by Crippen LogP contribution is -2.37. The number of hydrogen-bond acceptors (Lipinski definition) is 7. The second-order valence-corrected chi connectivity index (χ2v) is 23.5. The largest absolute Gasteiger partial charge is 0.472 e. The molecule has 0 spiro atoms. The number of phosphoric ester groups is 1. The summed E-state index contributed by atoms with van der Waals surface area (Å²) in [6.45, 7) is 4.14. The van der Waals surface area contributed by atoms with Crippen molar-refractivity contribution >= 4 is 19.8 Å². The van der Waals surface area contributed by atoms with E-state index < -0.39 is 26.5 Å². The minimum absolute atomic E-state index is 0.0143. The van der Waals surface area contributed by atoms with E-state index in [2.05, 4.69) is 196 Å². The summed E-state index contributed by atoms with van der Waals surface area (Å²) < 4.78 is 34.6. The van der Waals surface area contributed by atoms with E-state index in [0.29, 0.717) is 17.4 Å². The van der Waals surface area contributed by atoms with Crippen molar-refractivity contribution in [3.63, 3.8) is 0 Å². The molecule has 10 heteroatoms. The van der Waals surface area contributed by atoms with Crippen molar-refractivity contribution in [2.24, 2.45) is 0 Å². The van der Waals surface area contributed by atoms with Gasteiger partial charge in [-0.25, -0.2) is 4.57 Å². The Morgan fingerprint density at radius 1 is 0.369 bits per heavy atom. The molecule has 0 saturated carbocycles. The van der Waals surface area contributed by atoms with E-state index in [0.717, 1.165) is 154 Å². The van der Waals surface area contributed by atoms with Gasteiger partial charge in [0.1, 0.15) is 19.8 Å². The van der Waals surface area contributed by atoms with Gasteiger partial charge < -0.3 is 18.9 Å². The second kappa shape index (κ2) is 62.6. The van der Waals surface area contributed by atoms with Crippen LogP contribution in [0.5, 0.6) is 0 Å². The van der Waals surface area contributed by atoms with E-state index in [1.54, 1.807) is 0 Å². The standard InChI is InChI=1S/C74H118NO8P/c1-6-8-10-12-14-16-18-20-22-24-26-28-30-32-34-36-37-39-40-42-44-46-48-50-52-54-56-58-60-62-64-66-73(76)80-70-72(71-82-84(78,79)81-69-68-75(3,4)5)83-74(77)67-65-63-61-59-57-55-53-51-49-47-45-43-41-38-35-33-31-29-27-25-23-21-19-17-15-13-11-9-7-2/h8-11,14-17,20-23,26-29,32-35,37,39,41-44,47,49,53,55,72H,6-7,12-13,18-19,24-25,30-31,36,38,40,45-46,48,50-52,54,56-71H2,1-5H3/p+1/b10-8-,11-9-,16-14-,17-15-,22-20-,23-21-,28-26-,29-27-,34-32-,35-33-,39-37-,43-41-,44-42-,49-47-,55-53-. The molecule has 0 fully saturated rings. The van der Waals surface area contributed by atoms with Gasteiger partial charge in [-0.1, -0.05) is 254 Å². The Morgan fingerprint density at radius 2 is 0.643 bits per heavy atom. The van der Waals surface area contributed by atoms with Crippen LogP contribution in [0.25, 0.3) is 0 Å². The molecule has 0 aliphatic carbocycles. The number of unbranched alkanes of at least 4 members (excludes halogenated alkanes) is 13. The van der Waals surface area contributed by atoms with Gasteiger partial charge in [-0.3, -0.25) is 18.6 Å². The van der Waals surface area contributed by atoms with Crippen LogP contribution >= 0.6 is 7.82 Å². The summed E-state index contributed by atoms with van der Waals surface area (Å²) >= 11 is 0. The summed E-state index contributed by atoms with van der Waals surface area (Å²) in [5.74, 6) is -0.849. The number of likely N-dealkylation sites (N-methyl/N-ethyl adjacent to an activating group) is 1. The summed E-state index contributed by atoms with van der Waals surface area (Å²) in [5, 5.41) is 0. The predicted molar refractivity (Wildman–Crippen MR) is 362 cm³/mol. The van der Waals surface area contributed by atoms with Crippen LogP contribution < -0.4 is 0 Å². The van der Waals surface area contributed by atoms with Gasteiger partial charge in [0.15, 0.2) is 6.10 Å². The Hall–Kier alpha value is -4.89. The monoisotopic (exact) mass is 1180 g/mol. The van der Waals surface area contributed by atoms with Gasteiger partial charge in [-0.05, 0) is 135 Å². The third-order valence-corrected chi connectivity index (χ3v) is 13.9. The molecule has 0 aliphatic rings. The molecule has 0 saturated heterocycles. The number of allylic oxidation sites excluding steroid dienone is 30. The molecule has 0 amide bonds. The van der Waals surface area contributed by atoms with Gasteiger partial charge >= 0.3 is 19.8 Å². The Bertz CT molecular complexity index is 2070. The van der Waals surface area contributed by atoms with Crippen LogP contribution in [0.3, 0.4) is 0 Å². The molecule has 0 rings (SSSR count). The Kier molecular flexibility index (Phi) is 59.0. The van der Waals surface area contributed by atoms with Gasteiger partial charge in [-0.15, -0.1) is 0 Å². The van der Waals surface area contributed by atoms with Crippen LogP contribution in [0.2, 0.25) is 0 Å². The van der Waals surface area contributed by atoms with E-state index in [-0.39, 0.29) is 32.0 Å². The van der Waals surface area contributed by atoms with E-state index in [9.17, 15) is 19.0 Å². The molecule has 0 aromatic heterocycles. The molecule has 0 aromatic rings. The van der Waals surface area contributed by atoms with Gasteiger partial charge in [0.25, 0.3) is 0 Å². The number of rotatable bonds is 57. The number of hydrogen-bond donors (Lipinski definition) is 1. The quantitative estimate of drug-likeness (QED) is 0.0211. The number of quaternary nitrogens is 1. The molecule has 0 aliphatic heterocycles. The van der Waals surface area contributed by atoms with E-state index in [4.69, 9.17) is 18.5 Å². The maximum Gasteiger partial charge on any atom is 0.472 e. The summed E-state index contributed by atoms with van der Waals surface area (Å²) in [5.41, 5.74) is 0. The summed E-state index contributed by atoms with van der Waals surface area (Å²) in [6, 6.07) is 0. The van der Waals surface area contributed by atoms with E-state index in [1.807, 2.05) is 21.1 Å². The van der Waals surface area contributed by atoms with Crippen LogP contribution in [0.4, 0.5) is 0 Å². The van der Waals surface area contributed by atoms with E-state index >= 15 is 0 Å². The maximum absolute atomic E-state index is 12.9. The Labute approximate surface area is 514 Å². The highest BCUT2D eigenvalue weighted by Gasteiger charge is 2.27. The number of carbonyl (C=O) groups excluding carboxylic acids is 2. The fourth-order valence-electron chi connectivity index (χ4n) is 8.01. The summed E-state index contributed by atoms with van der Waals surface area (Å²) in [6.07, 6.45) is 96.8. The zero-order chi connectivity index (χ0) is 61.2. The second-order valence-electron chi connectivity index (χ2n) is 22.0. The third-order valence-electron chi connectivity index (χ3n) is 12.9. The number of ether oxygens (including phenoxy) is 2. The predicted octanol–water partition coefficient (Wildman–Crippen LogP) is 21.1. The van der Waals surface area contributed by atoms with Crippen molar-refractivity contribution in [1.82, 2.24) is 0 Å². The molecule has 2 atom stereocenters. The average molecular weight is 1180 g/mol. The van der Waals surface area contributed by atoms with Crippen molar-refractivity contribution in [3.8, 4) is 0 Å². The Morgan fingerprint density at radius 3 is 0.952 bits per heavy atom. The molecule has 0 aromatic carbocycles. The zero-order valence-corrected chi connectivity index (χ0v) is 54.4. The van der Waals surface area contributed by atoms with Crippen molar-refractivity contribution in [1.29, 1.82) is 0 Å². The van der Waals surface area contributed by atoms with Crippen LogP contribution in [-0.4, -0.2) is 74.9 Å². The first-order chi connectivity index (χ1) is 41.0. The van der Waals surface area contributed by atoms with Crippen molar-refractivity contribution in [3.05, 3.63) is 182 Å². The lowest BCUT2D eigenvalue weighted by molar-refractivity contribution is -0.870. The van der Waals surface area contributed by atoms with Gasteiger partial charge in [0.2, 0.25) is 0 Å². The summed E-state index contributed by atoms with van der Waals surface area (Å²) in [4.78, 5) is 35.8. The highest BCUT2D eigenvalue weighted by Crippen LogP contribution is 2.43.